The van der Waals surface area contributed by atoms with E-state index in [4.69, 9.17) is 9.26 Å². The van der Waals surface area contributed by atoms with Gasteiger partial charge in [-0.3, -0.25) is 4.90 Å². The second kappa shape index (κ2) is 6.50. The lowest BCUT2D eigenvalue weighted by molar-refractivity contribution is 0.00286. The quantitative estimate of drug-likeness (QED) is 0.887. The molecule has 1 unspecified atom stereocenters. The van der Waals surface area contributed by atoms with Crippen LogP contribution in [0.2, 0.25) is 0 Å². The van der Waals surface area contributed by atoms with Crippen molar-refractivity contribution in [2.24, 2.45) is 0 Å². The highest BCUT2D eigenvalue weighted by Crippen LogP contribution is 2.24. The van der Waals surface area contributed by atoms with Crippen molar-refractivity contribution in [2.75, 3.05) is 19.7 Å². The number of likely N-dealkylation sites (tertiary alicyclic amines) is 1. The average molecular weight is 302 g/mol. The number of ether oxygens (including phenoxy) is 1. The minimum Gasteiger partial charge on any atom is -0.491 e. The van der Waals surface area contributed by atoms with Crippen LogP contribution in [0.3, 0.4) is 0 Å². The minimum absolute atomic E-state index is 0.310. The van der Waals surface area contributed by atoms with Gasteiger partial charge < -0.3 is 14.4 Å². The molecule has 118 valence electrons. The average Bonchev–Trinajstić information content (AvgIpc) is 3.14. The molecule has 1 aromatic heterocycles. The van der Waals surface area contributed by atoms with Crippen LogP contribution in [0.1, 0.15) is 24.8 Å². The molecule has 1 aliphatic rings. The van der Waals surface area contributed by atoms with Gasteiger partial charge in [0.25, 0.3) is 0 Å². The monoisotopic (exact) mass is 302 g/mol. The standard InChI is InChI=1S/C17H22N2O3/c1-2-14-10-16(22-18-14)11-19-9-8-17(20,12-19)13-21-15-6-4-3-5-7-15/h3-7,10,20H,2,8-9,11-13H2,1H3. The van der Waals surface area contributed by atoms with Gasteiger partial charge in [-0.25, -0.2) is 0 Å². The van der Waals surface area contributed by atoms with Crippen LogP contribution in [0, 0.1) is 0 Å². The molecular weight excluding hydrogens is 280 g/mol. The van der Waals surface area contributed by atoms with E-state index in [1.54, 1.807) is 0 Å². The van der Waals surface area contributed by atoms with Gasteiger partial charge in [0.05, 0.1) is 12.2 Å². The van der Waals surface area contributed by atoms with Gasteiger partial charge in [0.1, 0.15) is 18.0 Å². The normalized spacial score (nSPS) is 22.1. The van der Waals surface area contributed by atoms with Gasteiger partial charge in [-0.05, 0) is 25.0 Å². The molecule has 1 fully saturated rings. The number of para-hydroxylation sites is 1. The van der Waals surface area contributed by atoms with Crippen LogP contribution in [0.15, 0.2) is 40.9 Å². The first-order valence-electron chi connectivity index (χ1n) is 7.74. The fraction of sp³-hybridized carbons (Fsp3) is 0.471. The zero-order chi connectivity index (χ0) is 15.4. The Kier molecular flexibility index (Phi) is 4.45. The molecule has 2 aromatic rings. The van der Waals surface area contributed by atoms with Crippen LogP contribution < -0.4 is 4.74 Å². The van der Waals surface area contributed by atoms with Gasteiger partial charge in [0, 0.05) is 19.2 Å². The highest BCUT2D eigenvalue weighted by atomic mass is 16.5. The lowest BCUT2D eigenvalue weighted by atomic mass is 10.1. The molecule has 1 atom stereocenters. The third-order valence-corrected chi connectivity index (χ3v) is 4.01. The Hall–Kier alpha value is -1.85. The molecular formula is C17H22N2O3. The van der Waals surface area contributed by atoms with Gasteiger partial charge in [-0.2, -0.15) is 0 Å². The number of rotatable bonds is 6. The van der Waals surface area contributed by atoms with Crippen LogP contribution in [-0.2, 0) is 13.0 Å². The van der Waals surface area contributed by atoms with Crippen molar-refractivity contribution < 1.29 is 14.4 Å². The van der Waals surface area contributed by atoms with E-state index in [0.29, 0.717) is 26.1 Å². The summed E-state index contributed by atoms with van der Waals surface area (Å²) in [4.78, 5) is 2.17. The summed E-state index contributed by atoms with van der Waals surface area (Å²) in [6, 6.07) is 11.6. The molecule has 5 nitrogen and oxygen atoms in total. The highest BCUT2D eigenvalue weighted by Gasteiger charge is 2.37. The van der Waals surface area contributed by atoms with Crippen LogP contribution in [0.4, 0.5) is 0 Å². The summed E-state index contributed by atoms with van der Waals surface area (Å²) in [5, 5.41) is 14.6. The highest BCUT2D eigenvalue weighted by molar-refractivity contribution is 5.21. The second-order valence-electron chi connectivity index (χ2n) is 5.92. The lowest BCUT2D eigenvalue weighted by Gasteiger charge is -2.23. The maximum atomic E-state index is 10.6. The molecule has 1 saturated heterocycles. The van der Waals surface area contributed by atoms with Crippen molar-refractivity contribution in [1.29, 1.82) is 0 Å². The van der Waals surface area contributed by atoms with E-state index < -0.39 is 5.60 Å². The second-order valence-corrected chi connectivity index (χ2v) is 5.92. The number of aromatic nitrogens is 1. The summed E-state index contributed by atoms with van der Waals surface area (Å²) in [5.74, 6) is 1.64. The SMILES string of the molecule is CCc1cc(CN2CCC(O)(COc3ccccc3)C2)on1. The number of nitrogens with zero attached hydrogens (tertiary/aromatic N) is 2. The van der Waals surface area contributed by atoms with Crippen molar-refractivity contribution in [2.45, 2.75) is 31.9 Å². The first-order valence-corrected chi connectivity index (χ1v) is 7.74. The Morgan fingerprint density at radius 1 is 1.36 bits per heavy atom. The van der Waals surface area contributed by atoms with Crippen molar-refractivity contribution in [3.05, 3.63) is 47.9 Å². The molecule has 3 rings (SSSR count). The van der Waals surface area contributed by atoms with Crippen LogP contribution in [0.5, 0.6) is 5.75 Å². The van der Waals surface area contributed by atoms with Crippen LogP contribution >= 0.6 is 0 Å². The predicted octanol–water partition coefficient (Wildman–Crippen LogP) is 2.25. The smallest absolute Gasteiger partial charge is 0.150 e. The van der Waals surface area contributed by atoms with Crippen LogP contribution in [-0.4, -0.2) is 40.5 Å². The lowest BCUT2D eigenvalue weighted by Crippen LogP contribution is -2.39. The van der Waals surface area contributed by atoms with E-state index >= 15 is 0 Å². The van der Waals surface area contributed by atoms with Crippen molar-refractivity contribution >= 4 is 0 Å². The maximum Gasteiger partial charge on any atom is 0.150 e. The first-order chi connectivity index (χ1) is 10.7. The van der Waals surface area contributed by atoms with Gasteiger partial charge in [0.2, 0.25) is 0 Å². The zero-order valence-corrected chi connectivity index (χ0v) is 12.9. The van der Waals surface area contributed by atoms with E-state index in [2.05, 4.69) is 17.0 Å². The Bertz CT molecular complexity index is 599. The fourth-order valence-electron chi connectivity index (χ4n) is 2.75. The van der Waals surface area contributed by atoms with E-state index in [1.165, 1.54) is 0 Å². The molecule has 0 saturated carbocycles. The van der Waals surface area contributed by atoms with E-state index in [9.17, 15) is 5.11 Å². The Balaban J connectivity index is 1.52. The summed E-state index contributed by atoms with van der Waals surface area (Å²) in [7, 11) is 0. The van der Waals surface area contributed by atoms with Gasteiger partial charge in [-0.15, -0.1) is 0 Å². The number of aryl methyl sites for hydroxylation is 1. The number of β-amino-alcohol motifs (C(OH)–C–C–N with tert-alkyl or cyclic N) is 1. The number of benzene rings is 1. The summed E-state index contributed by atoms with van der Waals surface area (Å²) < 4.78 is 11.0. The fourth-order valence-corrected chi connectivity index (χ4v) is 2.75. The van der Waals surface area contributed by atoms with Gasteiger partial charge >= 0.3 is 0 Å². The summed E-state index contributed by atoms with van der Waals surface area (Å²) in [6.45, 7) is 4.46. The molecule has 22 heavy (non-hydrogen) atoms. The molecule has 0 bridgehead atoms. The molecule has 1 aliphatic heterocycles. The molecule has 0 radical (unpaired) electrons. The molecule has 0 amide bonds. The molecule has 0 aliphatic carbocycles. The maximum absolute atomic E-state index is 10.6. The summed E-state index contributed by atoms with van der Waals surface area (Å²) in [5.41, 5.74) is 0.167. The van der Waals surface area contributed by atoms with Crippen LogP contribution in [0.25, 0.3) is 0 Å². The van der Waals surface area contributed by atoms with E-state index in [-0.39, 0.29) is 0 Å². The predicted molar refractivity (Wildman–Crippen MR) is 82.7 cm³/mol. The van der Waals surface area contributed by atoms with Gasteiger partial charge in [-0.1, -0.05) is 30.3 Å². The molecule has 1 N–H and O–H groups in total. The third-order valence-electron chi connectivity index (χ3n) is 4.01. The molecule has 1 aromatic carbocycles. The zero-order valence-electron chi connectivity index (χ0n) is 12.9. The molecule has 2 heterocycles. The van der Waals surface area contributed by atoms with Crippen molar-refractivity contribution in [3.8, 4) is 5.75 Å². The van der Waals surface area contributed by atoms with E-state index in [0.717, 1.165) is 30.2 Å². The number of aliphatic hydroxyl groups is 1. The van der Waals surface area contributed by atoms with Crippen molar-refractivity contribution in [3.63, 3.8) is 0 Å². The summed E-state index contributed by atoms with van der Waals surface area (Å²) >= 11 is 0. The number of hydrogen-bond donors (Lipinski definition) is 1. The topological polar surface area (TPSA) is 58.7 Å². The van der Waals surface area contributed by atoms with E-state index in [1.807, 2.05) is 36.4 Å². The first kappa shape index (κ1) is 15.1. The minimum atomic E-state index is -0.802. The number of hydrogen-bond acceptors (Lipinski definition) is 5. The Morgan fingerprint density at radius 2 is 2.18 bits per heavy atom. The van der Waals surface area contributed by atoms with Gasteiger partial charge in [0.15, 0.2) is 5.76 Å². The third kappa shape index (κ3) is 3.67. The largest absolute Gasteiger partial charge is 0.491 e. The molecule has 5 heteroatoms. The Morgan fingerprint density at radius 3 is 2.91 bits per heavy atom. The Labute approximate surface area is 130 Å². The summed E-state index contributed by atoms with van der Waals surface area (Å²) in [6.07, 6.45) is 1.58. The van der Waals surface area contributed by atoms with Crippen molar-refractivity contribution in [1.82, 2.24) is 10.1 Å². The molecule has 0 spiro atoms.